The molecule has 2 atom stereocenters. The Labute approximate surface area is 131 Å². The summed E-state index contributed by atoms with van der Waals surface area (Å²) in [6.45, 7) is 9.19. The molecule has 1 aliphatic heterocycles. The predicted octanol–water partition coefficient (Wildman–Crippen LogP) is -0.487. The Bertz CT molecular complexity index is 396. The number of rotatable bonds is 5. The lowest BCUT2D eigenvalue weighted by molar-refractivity contribution is -0.125. The van der Waals surface area contributed by atoms with Gasteiger partial charge in [-0.05, 0) is 20.8 Å². The van der Waals surface area contributed by atoms with Crippen LogP contribution in [-0.2, 0) is 4.79 Å². The summed E-state index contributed by atoms with van der Waals surface area (Å²) in [6, 6.07) is -0.716. The van der Waals surface area contributed by atoms with Crippen molar-refractivity contribution < 1.29 is 9.59 Å². The standard InChI is InChI=1S/C13H25N5O2S/c1-4-15-13(20)16-12(19)10(3)18-7-5-17(6-8-18)9(2)11(14)21/h9-10H,4-8H2,1-3H3,(H2,14,21)(H2,15,16,19,20). The monoisotopic (exact) mass is 315 g/mol. The van der Waals surface area contributed by atoms with E-state index in [0.717, 1.165) is 26.2 Å². The smallest absolute Gasteiger partial charge is 0.321 e. The number of imide groups is 1. The lowest BCUT2D eigenvalue weighted by atomic mass is 10.2. The van der Waals surface area contributed by atoms with Gasteiger partial charge in [0, 0.05) is 32.7 Å². The van der Waals surface area contributed by atoms with Crippen LogP contribution in [0.2, 0.25) is 0 Å². The summed E-state index contributed by atoms with van der Waals surface area (Å²) in [6.07, 6.45) is 0. The van der Waals surface area contributed by atoms with Crippen LogP contribution in [0.1, 0.15) is 20.8 Å². The maximum Gasteiger partial charge on any atom is 0.321 e. The summed E-state index contributed by atoms with van der Waals surface area (Å²) < 4.78 is 0. The van der Waals surface area contributed by atoms with Gasteiger partial charge < -0.3 is 11.1 Å². The van der Waals surface area contributed by atoms with Gasteiger partial charge in [-0.1, -0.05) is 12.2 Å². The molecule has 1 saturated heterocycles. The number of hydrogen-bond donors (Lipinski definition) is 3. The average molecular weight is 315 g/mol. The number of nitrogens with one attached hydrogen (secondary N) is 2. The summed E-state index contributed by atoms with van der Waals surface area (Å²) in [5, 5.41) is 4.89. The summed E-state index contributed by atoms with van der Waals surface area (Å²) in [5.41, 5.74) is 5.66. The van der Waals surface area contributed by atoms with Crippen molar-refractivity contribution in [3.8, 4) is 0 Å². The van der Waals surface area contributed by atoms with Crippen molar-refractivity contribution in [3.63, 3.8) is 0 Å². The molecule has 21 heavy (non-hydrogen) atoms. The Morgan fingerprint density at radius 1 is 1.14 bits per heavy atom. The summed E-state index contributed by atoms with van der Waals surface area (Å²) in [5.74, 6) is -0.281. The molecule has 1 aliphatic rings. The third kappa shape index (κ3) is 5.22. The minimum atomic E-state index is -0.449. The van der Waals surface area contributed by atoms with Gasteiger partial charge in [0.1, 0.15) is 0 Å². The van der Waals surface area contributed by atoms with Crippen LogP contribution in [-0.4, -0.2) is 71.5 Å². The lowest BCUT2D eigenvalue weighted by Crippen LogP contribution is -2.57. The molecule has 1 heterocycles. The first kappa shape index (κ1) is 17.8. The fourth-order valence-corrected chi connectivity index (χ4v) is 2.43. The van der Waals surface area contributed by atoms with E-state index in [9.17, 15) is 9.59 Å². The molecule has 2 unspecified atom stereocenters. The average Bonchev–Trinajstić information content (AvgIpc) is 2.45. The first-order chi connectivity index (χ1) is 9.86. The highest BCUT2D eigenvalue weighted by molar-refractivity contribution is 7.80. The van der Waals surface area contributed by atoms with Crippen LogP contribution in [0.3, 0.4) is 0 Å². The molecule has 7 nitrogen and oxygen atoms in total. The van der Waals surface area contributed by atoms with E-state index in [-0.39, 0.29) is 18.0 Å². The Morgan fingerprint density at radius 2 is 1.62 bits per heavy atom. The Hall–Kier alpha value is -1.25. The summed E-state index contributed by atoms with van der Waals surface area (Å²) in [7, 11) is 0. The van der Waals surface area contributed by atoms with E-state index >= 15 is 0 Å². The number of carbonyl (C=O) groups excluding carboxylic acids is 2. The highest BCUT2D eigenvalue weighted by Crippen LogP contribution is 2.09. The number of thiocarbonyl (C=S) groups is 1. The van der Waals surface area contributed by atoms with E-state index in [4.69, 9.17) is 18.0 Å². The number of hydrogen-bond acceptors (Lipinski definition) is 5. The number of urea groups is 1. The molecule has 0 bridgehead atoms. The van der Waals surface area contributed by atoms with Gasteiger partial charge in [-0.25, -0.2) is 4.79 Å². The topological polar surface area (TPSA) is 90.7 Å². The zero-order valence-corrected chi connectivity index (χ0v) is 13.7. The molecule has 0 aromatic carbocycles. The summed E-state index contributed by atoms with van der Waals surface area (Å²) in [4.78, 5) is 28.1. The van der Waals surface area contributed by atoms with E-state index < -0.39 is 6.03 Å². The fourth-order valence-electron chi connectivity index (χ4n) is 2.28. The lowest BCUT2D eigenvalue weighted by Gasteiger charge is -2.39. The zero-order chi connectivity index (χ0) is 16.0. The Kier molecular flexibility index (Phi) is 7.00. The molecule has 0 aromatic rings. The van der Waals surface area contributed by atoms with Gasteiger partial charge in [0.05, 0.1) is 17.1 Å². The van der Waals surface area contributed by atoms with Crippen molar-refractivity contribution in [2.24, 2.45) is 5.73 Å². The second kappa shape index (κ2) is 8.26. The molecule has 3 amide bonds. The normalized spacial score (nSPS) is 19.6. The van der Waals surface area contributed by atoms with E-state index in [2.05, 4.69) is 20.4 Å². The molecule has 0 spiro atoms. The molecule has 4 N–H and O–H groups in total. The first-order valence-electron chi connectivity index (χ1n) is 7.23. The van der Waals surface area contributed by atoms with Crippen LogP contribution >= 0.6 is 12.2 Å². The minimum Gasteiger partial charge on any atom is -0.392 e. The number of carbonyl (C=O) groups is 2. The van der Waals surface area contributed by atoms with Gasteiger partial charge in [-0.2, -0.15) is 0 Å². The fraction of sp³-hybridized carbons (Fsp3) is 0.769. The molecule has 1 fully saturated rings. The van der Waals surface area contributed by atoms with Gasteiger partial charge >= 0.3 is 6.03 Å². The van der Waals surface area contributed by atoms with Gasteiger partial charge in [0.2, 0.25) is 5.91 Å². The van der Waals surface area contributed by atoms with Crippen molar-refractivity contribution in [1.29, 1.82) is 0 Å². The highest BCUT2D eigenvalue weighted by atomic mass is 32.1. The molecule has 0 aromatic heterocycles. The van der Waals surface area contributed by atoms with E-state index in [0.29, 0.717) is 11.5 Å². The van der Waals surface area contributed by atoms with E-state index in [1.807, 2.05) is 6.92 Å². The van der Waals surface area contributed by atoms with Crippen LogP contribution in [0, 0.1) is 0 Å². The maximum absolute atomic E-state index is 12.0. The third-order valence-electron chi connectivity index (χ3n) is 3.81. The van der Waals surface area contributed by atoms with Gasteiger partial charge in [0.15, 0.2) is 0 Å². The van der Waals surface area contributed by atoms with Crippen molar-refractivity contribution in [1.82, 2.24) is 20.4 Å². The van der Waals surface area contributed by atoms with Gasteiger partial charge in [-0.15, -0.1) is 0 Å². The third-order valence-corrected chi connectivity index (χ3v) is 4.15. The Morgan fingerprint density at radius 3 is 2.05 bits per heavy atom. The number of nitrogens with zero attached hydrogens (tertiary/aromatic N) is 2. The first-order valence-corrected chi connectivity index (χ1v) is 7.63. The molecule has 0 aliphatic carbocycles. The van der Waals surface area contributed by atoms with Crippen LogP contribution in [0.5, 0.6) is 0 Å². The molecular formula is C13H25N5O2S. The zero-order valence-electron chi connectivity index (χ0n) is 12.9. The van der Waals surface area contributed by atoms with E-state index in [1.54, 1.807) is 13.8 Å². The summed E-state index contributed by atoms with van der Waals surface area (Å²) >= 11 is 5.01. The second-order valence-corrected chi connectivity index (χ2v) is 5.65. The Balaban J connectivity index is 2.44. The number of piperazine rings is 1. The predicted molar refractivity (Wildman–Crippen MR) is 86.1 cm³/mol. The van der Waals surface area contributed by atoms with Crippen molar-refractivity contribution >= 4 is 29.1 Å². The van der Waals surface area contributed by atoms with Crippen LogP contribution < -0.4 is 16.4 Å². The molecule has 1 rings (SSSR count). The number of amides is 3. The largest absolute Gasteiger partial charge is 0.392 e. The quantitative estimate of drug-likeness (QED) is 0.593. The minimum absolute atomic E-state index is 0.0709. The van der Waals surface area contributed by atoms with Crippen LogP contribution in [0.4, 0.5) is 4.79 Å². The SMILES string of the molecule is CCNC(=O)NC(=O)C(C)N1CCN(C(C)C(N)=S)CC1. The molecule has 8 heteroatoms. The maximum atomic E-state index is 12.0. The van der Waals surface area contributed by atoms with Crippen molar-refractivity contribution in [3.05, 3.63) is 0 Å². The molecule has 0 radical (unpaired) electrons. The van der Waals surface area contributed by atoms with Crippen LogP contribution in [0.15, 0.2) is 0 Å². The highest BCUT2D eigenvalue weighted by Gasteiger charge is 2.28. The van der Waals surface area contributed by atoms with Gasteiger partial charge in [-0.3, -0.25) is 19.9 Å². The van der Waals surface area contributed by atoms with Gasteiger partial charge in [0.25, 0.3) is 0 Å². The van der Waals surface area contributed by atoms with Crippen molar-refractivity contribution in [2.75, 3.05) is 32.7 Å². The molecular weight excluding hydrogens is 290 g/mol. The molecule has 120 valence electrons. The second-order valence-electron chi connectivity index (χ2n) is 5.17. The van der Waals surface area contributed by atoms with E-state index in [1.165, 1.54) is 0 Å². The molecule has 0 saturated carbocycles. The van der Waals surface area contributed by atoms with Crippen molar-refractivity contribution in [2.45, 2.75) is 32.9 Å². The number of nitrogens with two attached hydrogens (primary N) is 1. The van der Waals surface area contributed by atoms with Crippen LogP contribution in [0.25, 0.3) is 0 Å².